The lowest BCUT2D eigenvalue weighted by molar-refractivity contribution is 0.0599. The van der Waals surface area contributed by atoms with Gasteiger partial charge in [0.2, 0.25) is 0 Å². The van der Waals surface area contributed by atoms with Gasteiger partial charge in [0.05, 0.1) is 24.1 Å². The molecule has 0 aliphatic carbocycles. The van der Waals surface area contributed by atoms with Crippen LogP contribution in [-0.4, -0.2) is 44.4 Å². The molecule has 0 saturated carbocycles. The van der Waals surface area contributed by atoms with Gasteiger partial charge in [0.15, 0.2) is 16.8 Å². The molecule has 2 heterocycles. The van der Waals surface area contributed by atoms with Crippen molar-refractivity contribution in [3.05, 3.63) is 82.1 Å². The summed E-state index contributed by atoms with van der Waals surface area (Å²) in [6.45, 7) is 3.48. The summed E-state index contributed by atoms with van der Waals surface area (Å²) in [7, 11) is 1.32. The van der Waals surface area contributed by atoms with Gasteiger partial charge in [0.1, 0.15) is 0 Å². The molecule has 0 fully saturated rings. The Morgan fingerprint density at radius 2 is 1.76 bits per heavy atom. The maximum atomic E-state index is 13.0. The third-order valence-electron chi connectivity index (χ3n) is 5.19. The van der Waals surface area contributed by atoms with Crippen molar-refractivity contribution in [1.29, 1.82) is 0 Å². The van der Waals surface area contributed by atoms with Crippen LogP contribution in [-0.2, 0) is 4.74 Å². The van der Waals surface area contributed by atoms with Crippen LogP contribution in [0.15, 0.2) is 59.8 Å². The fourth-order valence-electron chi connectivity index (χ4n) is 3.60. The normalized spacial score (nSPS) is 10.9. The Bertz CT molecular complexity index is 1310. The maximum absolute atomic E-state index is 13.0. The Hall–Kier alpha value is -3.36. The van der Waals surface area contributed by atoms with E-state index in [1.165, 1.54) is 18.9 Å². The van der Waals surface area contributed by atoms with Crippen molar-refractivity contribution in [3.63, 3.8) is 0 Å². The summed E-state index contributed by atoms with van der Waals surface area (Å²) >= 11 is 7.35. The number of ether oxygens (including phenoxy) is 1. The zero-order chi connectivity index (χ0) is 23.5. The molecule has 7 nitrogen and oxygen atoms in total. The number of H-pyrrole nitrogens is 1. The second-order valence-electron chi connectivity index (χ2n) is 7.31. The van der Waals surface area contributed by atoms with Crippen molar-refractivity contribution in [2.24, 2.45) is 0 Å². The molecule has 2 aromatic carbocycles. The second kappa shape index (κ2) is 9.64. The van der Waals surface area contributed by atoms with Crippen LogP contribution >= 0.6 is 23.4 Å². The number of carbonyl (C=O) groups excluding carboxylic acids is 2. The minimum Gasteiger partial charge on any atom is -0.465 e. The van der Waals surface area contributed by atoms with E-state index >= 15 is 0 Å². The third kappa shape index (κ3) is 4.58. The van der Waals surface area contributed by atoms with Gasteiger partial charge in [0, 0.05) is 22.0 Å². The fraction of sp³-hybridized carbons (Fsp3) is 0.167. The highest BCUT2D eigenvalue weighted by Gasteiger charge is 2.23. The quantitative estimate of drug-likeness (QED) is 0.219. The first-order valence-corrected chi connectivity index (χ1v) is 11.5. The van der Waals surface area contributed by atoms with E-state index in [4.69, 9.17) is 16.3 Å². The topological polar surface area (TPSA) is 89.9 Å². The van der Waals surface area contributed by atoms with Gasteiger partial charge in [-0.15, -0.1) is 10.2 Å². The molecule has 0 atom stereocenters. The first kappa shape index (κ1) is 22.8. The monoisotopic (exact) mass is 480 g/mol. The molecular weight excluding hydrogens is 460 g/mol. The number of nitrogens with zero attached hydrogens (tertiary/aromatic N) is 3. The Labute approximate surface area is 200 Å². The van der Waals surface area contributed by atoms with Crippen LogP contribution < -0.4 is 0 Å². The molecule has 1 N–H and O–H groups in total. The number of aromatic amines is 1. The van der Waals surface area contributed by atoms with Gasteiger partial charge in [-0.2, -0.15) is 0 Å². The number of rotatable bonds is 7. The molecule has 168 valence electrons. The Morgan fingerprint density at radius 3 is 2.42 bits per heavy atom. The number of Topliss-reactive ketones (excluding diaryl/α,β-unsaturated/α-hetero) is 1. The molecule has 0 saturated heterocycles. The first-order valence-electron chi connectivity index (χ1n) is 10.1. The number of carbonyl (C=O) groups is 2. The molecular formula is C24H21ClN4O3S. The van der Waals surface area contributed by atoms with Gasteiger partial charge in [-0.1, -0.05) is 53.7 Å². The molecule has 4 aromatic rings. The fourth-order valence-corrected chi connectivity index (χ4v) is 4.55. The van der Waals surface area contributed by atoms with Gasteiger partial charge < -0.3 is 9.72 Å². The molecule has 0 aliphatic heterocycles. The highest BCUT2D eigenvalue weighted by Crippen LogP contribution is 2.29. The highest BCUT2D eigenvalue weighted by molar-refractivity contribution is 7.99. The van der Waals surface area contributed by atoms with E-state index in [1.807, 2.05) is 47.0 Å². The number of aromatic nitrogens is 4. The van der Waals surface area contributed by atoms with Crippen LogP contribution in [0.2, 0.25) is 5.02 Å². The van der Waals surface area contributed by atoms with E-state index in [0.717, 1.165) is 11.3 Å². The number of thioether (sulfide) groups is 1. The molecule has 33 heavy (non-hydrogen) atoms. The Kier molecular flexibility index (Phi) is 6.67. The zero-order valence-corrected chi connectivity index (χ0v) is 19.8. The van der Waals surface area contributed by atoms with E-state index in [1.54, 1.807) is 26.0 Å². The smallest absolute Gasteiger partial charge is 0.339 e. The largest absolute Gasteiger partial charge is 0.465 e. The van der Waals surface area contributed by atoms with Crippen LogP contribution in [0.1, 0.15) is 32.1 Å². The molecule has 0 unspecified atom stereocenters. The summed E-state index contributed by atoms with van der Waals surface area (Å²) in [4.78, 5) is 28.1. The van der Waals surface area contributed by atoms with E-state index < -0.39 is 5.97 Å². The van der Waals surface area contributed by atoms with Gasteiger partial charge >= 0.3 is 5.97 Å². The number of methoxy groups -OCH3 is 1. The lowest BCUT2D eigenvalue weighted by atomic mass is 10.1. The predicted molar refractivity (Wildman–Crippen MR) is 128 cm³/mol. The van der Waals surface area contributed by atoms with E-state index in [9.17, 15) is 9.59 Å². The second-order valence-corrected chi connectivity index (χ2v) is 8.69. The SMILES string of the molecule is COC(=O)c1c(C)[nH]c(C(=O)CSc2nnc(-c3ccccc3)n2-c2ccc(Cl)cc2)c1C. The number of ketones is 1. The highest BCUT2D eigenvalue weighted by atomic mass is 35.5. The van der Waals surface area contributed by atoms with E-state index in [0.29, 0.717) is 38.5 Å². The first-order chi connectivity index (χ1) is 15.9. The molecule has 0 amide bonds. The number of hydrogen-bond donors (Lipinski definition) is 1. The summed E-state index contributed by atoms with van der Waals surface area (Å²) in [5.74, 6) is 0.153. The van der Waals surface area contributed by atoms with E-state index in [-0.39, 0.29) is 11.5 Å². The number of esters is 1. The van der Waals surface area contributed by atoms with Gasteiger partial charge in [-0.3, -0.25) is 9.36 Å². The average molecular weight is 481 g/mol. The molecule has 4 rings (SSSR count). The number of halogens is 1. The molecule has 0 bridgehead atoms. The maximum Gasteiger partial charge on any atom is 0.339 e. The molecule has 0 spiro atoms. The average Bonchev–Trinajstić information content (AvgIpc) is 3.38. The van der Waals surface area contributed by atoms with Crippen molar-refractivity contribution in [2.75, 3.05) is 12.9 Å². The molecule has 0 radical (unpaired) electrons. The molecule has 2 aromatic heterocycles. The van der Waals surface area contributed by atoms with Crippen molar-refractivity contribution < 1.29 is 14.3 Å². The molecule has 0 aliphatic rings. The van der Waals surface area contributed by atoms with Crippen molar-refractivity contribution in [3.8, 4) is 17.1 Å². The number of hydrogen-bond acceptors (Lipinski definition) is 6. The summed E-state index contributed by atoms with van der Waals surface area (Å²) < 4.78 is 6.73. The third-order valence-corrected chi connectivity index (χ3v) is 6.37. The van der Waals surface area contributed by atoms with Gasteiger partial charge in [-0.25, -0.2) is 4.79 Å². The summed E-state index contributed by atoms with van der Waals surface area (Å²) in [6.07, 6.45) is 0. The van der Waals surface area contributed by atoms with E-state index in [2.05, 4.69) is 15.2 Å². The minimum absolute atomic E-state index is 0.113. The van der Waals surface area contributed by atoms with Crippen molar-refractivity contribution >= 4 is 35.1 Å². The standard InChI is InChI=1S/C24H21ClN4O3S/c1-14-20(23(31)32-3)15(2)26-21(14)19(30)13-33-24-28-27-22(16-7-5-4-6-8-16)29(24)18-11-9-17(25)10-12-18/h4-12,26H,13H2,1-3H3. The van der Waals surface area contributed by atoms with Gasteiger partial charge in [-0.05, 0) is 43.7 Å². The van der Waals surface area contributed by atoms with Crippen LogP contribution in [0, 0.1) is 13.8 Å². The summed E-state index contributed by atoms with van der Waals surface area (Å²) in [5.41, 5.74) is 3.69. The van der Waals surface area contributed by atoms with Gasteiger partial charge in [0.25, 0.3) is 0 Å². The summed E-state index contributed by atoms with van der Waals surface area (Å²) in [6, 6.07) is 17.1. The Balaban J connectivity index is 1.65. The predicted octanol–water partition coefficient (Wildman–Crippen LogP) is 5.29. The number of aryl methyl sites for hydroxylation is 1. The van der Waals surface area contributed by atoms with Crippen molar-refractivity contribution in [1.82, 2.24) is 19.7 Å². The zero-order valence-electron chi connectivity index (χ0n) is 18.3. The Morgan fingerprint density at radius 1 is 1.06 bits per heavy atom. The minimum atomic E-state index is -0.470. The lowest BCUT2D eigenvalue weighted by Gasteiger charge is -2.10. The van der Waals surface area contributed by atoms with Crippen LogP contribution in [0.4, 0.5) is 0 Å². The van der Waals surface area contributed by atoms with Crippen LogP contribution in [0.3, 0.4) is 0 Å². The van der Waals surface area contributed by atoms with Crippen LogP contribution in [0.25, 0.3) is 17.1 Å². The lowest BCUT2D eigenvalue weighted by Crippen LogP contribution is -2.08. The summed E-state index contributed by atoms with van der Waals surface area (Å²) in [5, 5.41) is 9.92. The van der Waals surface area contributed by atoms with Crippen LogP contribution in [0.5, 0.6) is 0 Å². The molecule has 9 heteroatoms. The number of benzene rings is 2. The number of nitrogens with one attached hydrogen (secondary N) is 1. The van der Waals surface area contributed by atoms with Crippen molar-refractivity contribution in [2.45, 2.75) is 19.0 Å².